The number of hydrogen-bond donors (Lipinski definition) is 3. The van der Waals surface area contributed by atoms with E-state index < -0.39 is 0 Å². The van der Waals surface area contributed by atoms with Gasteiger partial charge in [-0.05, 0) is 36.3 Å². The van der Waals surface area contributed by atoms with Gasteiger partial charge >= 0.3 is 0 Å². The molecule has 0 aliphatic heterocycles. The highest BCUT2D eigenvalue weighted by atomic mass is 32.1. The number of nitrogens with two attached hydrogens (primary N) is 1. The van der Waals surface area contributed by atoms with Gasteiger partial charge in [-0.2, -0.15) is 0 Å². The van der Waals surface area contributed by atoms with E-state index in [-0.39, 0.29) is 18.1 Å². The lowest BCUT2D eigenvalue weighted by atomic mass is 9.95. The molecule has 0 spiro atoms. The van der Waals surface area contributed by atoms with E-state index in [2.05, 4.69) is 38.2 Å². The second-order valence-corrected chi connectivity index (χ2v) is 8.00. The van der Waals surface area contributed by atoms with Gasteiger partial charge in [-0.1, -0.05) is 27.2 Å². The zero-order chi connectivity index (χ0) is 14.8. The number of thiophene rings is 1. The van der Waals surface area contributed by atoms with Crippen molar-refractivity contribution < 1.29 is 5.11 Å². The summed E-state index contributed by atoms with van der Waals surface area (Å²) in [7, 11) is 0. The van der Waals surface area contributed by atoms with Crippen molar-refractivity contribution >= 4 is 11.3 Å². The van der Waals surface area contributed by atoms with Crippen molar-refractivity contribution in [1.82, 2.24) is 5.32 Å². The molecule has 2 rings (SSSR count). The number of rotatable bonds is 5. The average Bonchev–Trinajstić information content (AvgIpc) is 3.03. The first kappa shape index (κ1) is 16.0. The van der Waals surface area contributed by atoms with E-state index in [4.69, 9.17) is 5.73 Å². The third-order valence-electron chi connectivity index (χ3n) is 4.25. The summed E-state index contributed by atoms with van der Waals surface area (Å²) in [5.74, 6) is 0.395. The Morgan fingerprint density at radius 1 is 1.40 bits per heavy atom. The molecule has 1 heterocycles. The van der Waals surface area contributed by atoms with Crippen LogP contribution in [-0.2, 0) is 5.41 Å². The molecule has 1 aliphatic rings. The Balaban J connectivity index is 2.06. The molecule has 3 unspecified atom stereocenters. The highest BCUT2D eigenvalue weighted by Crippen LogP contribution is 2.33. The van der Waals surface area contributed by atoms with Gasteiger partial charge in [0.15, 0.2) is 0 Å². The smallest absolute Gasteiger partial charge is 0.0541 e. The van der Waals surface area contributed by atoms with E-state index in [0.717, 1.165) is 12.8 Å². The molecule has 0 bridgehead atoms. The largest absolute Gasteiger partial charge is 0.396 e. The van der Waals surface area contributed by atoms with Gasteiger partial charge in [0, 0.05) is 28.9 Å². The molecule has 114 valence electrons. The fraction of sp³-hybridized carbons (Fsp3) is 0.750. The van der Waals surface area contributed by atoms with Gasteiger partial charge in [0.05, 0.1) is 6.04 Å². The zero-order valence-electron chi connectivity index (χ0n) is 12.9. The van der Waals surface area contributed by atoms with E-state index in [0.29, 0.717) is 18.5 Å². The molecule has 1 saturated carbocycles. The fourth-order valence-corrected chi connectivity index (χ4v) is 4.08. The van der Waals surface area contributed by atoms with Crippen molar-refractivity contribution in [2.24, 2.45) is 11.7 Å². The first-order valence-electron chi connectivity index (χ1n) is 7.63. The Hall–Kier alpha value is -0.420. The molecular weight excluding hydrogens is 268 g/mol. The van der Waals surface area contributed by atoms with Gasteiger partial charge in [0.2, 0.25) is 0 Å². The molecule has 1 aliphatic carbocycles. The standard InChI is InChI=1S/C16H28N2OS/c1-16(2,3)15-8-7-14(20-15)13(9-17)18-12-6-4-5-11(12)10-19/h7-8,11-13,18-19H,4-6,9-10,17H2,1-3H3. The lowest BCUT2D eigenvalue weighted by Crippen LogP contribution is -2.39. The van der Waals surface area contributed by atoms with Crippen LogP contribution in [-0.4, -0.2) is 24.3 Å². The van der Waals surface area contributed by atoms with E-state index in [1.54, 1.807) is 0 Å². The normalized spacial score (nSPS) is 25.1. The Morgan fingerprint density at radius 2 is 2.15 bits per heavy atom. The minimum atomic E-state index is 0.197. The lowest BCUT2D eigenvalue weighted by Gasteiger charge is -2.25. The van der Waals surface area contributed by atoms with E-state index in [1.165, 1.54) is 16.2 Å². The van der Waals surface area contributed by atoms with Crippen LogP contribution in [0.15, 0.2) is 12.1 Å². The number of hydrogen-bond acceptors (Lipinski definition) is 4. The van der Waals surface area contributed by atoms with Gasteiger partial charge in [0.25, 0.3) is 0 Å². The maximum Gasteiger partial charge on any atom is 0.0541 e. The third-order valence-corrected chi connectivity index (χ3v) is 5.88. The van der Waals surface area contributed by atoms with Crippen LogP contribution in [0.5, 0.6) is 0 Å². The molecule has 4 heteroatoms. The predicted molar refractivity (Wildman–Crippen MR) is 86.2 cm³/mol. The van der Waals surface area contributed by atoms with Crippen LogP contribution in [0.2, 0.25) is 0 Å². The van der Waals surface area contributed by atoms with Gasteiger partial charge in [0.1, 0.15) is 0 Å². The van der Waals surface area contributed by atoms with Crippen molar-refractivity contribution in [3.8, 4) is 0 Å². The molecule has 0 amide bonds. The maximum absolute atomic E-state index is 9.43. The number of aliphatic hydroxyl groups excluding tert-OH is 1. The van der Waals surface area contributed by atoms with Crippen LogP contribution in [0, 0.1) is 5.92 Å². The van der Waals surface area contributed by atoms with Crippen LogP contribution in [0.25, 0.3) is 0 Å². The van der Waals surface area contributed by atoms with Gasteiger partial charge in [-0.3, -0.25) is 0 Å². The summed E-state index contributed by atoms with van der Waals surface area (Å²) in [4.78, 5) is 2.72. The first-order valence-corrected chi connectivity index (χ1v) is 8.44. The van der Waals surface area contributed by atoms with Gasteiger partial charge in [-0.25, -0.2) is 0 Å². The summed E-state index contributed by atoms with van der Waals surface area (Å²) >= 11 is 1.86. The molecule has 1 aromatic rings. The SMILES string of the molecule is CC(C)(C)c1ccc(C(CN)NC2CCCC2CO)s1. The predicted octanol–water partition coefficient (Wildman–Crippen LogP) is 2.80. The first-order chi connectivity index (χ1) is 9.45. The maximum atomic E-state index is 9.43. The lowest BCUT2D eigenvalue weighted by molar-refractivity contribution is 0.200. The minimum Gasteiger partial charge on any atom is -0.396 e. The highest BCUT2D eigenvalue weighted by Gasteiger charge is 2.29. The topological polar surface area (TPSA) is 58.3 Å². The van der Waals surface area contributed by atoms with Crippen LogP contribution < -0.4 is 11.1 Å². The second kappa shape index (κ2) is 6.56. The van der Waals surface area contributed by atoms with Gasteiger partial charge in [-0.15, -0.1) is 11.3 Å². The summed E-state index contributed by atoms with van der Waals surface area (Å²) in [6.07, 6.45) is 3.49. The molecule has 3 atom stereocenters. The molecule has 1 fully saturated rings. The monoisotopic (exact) mass is 296 g/mol. The minimum absolute atomic E-state index is 0.197. The highest BCUT2D eigenvalue weighted by molar-refractivity contribution is 7.12. The summed E-state index contributed by atoms with van der Waals surface area (Å²) in [6.45, 7) is 7.62. The molecule has 1 aromatic heterocycles. The Labute approximate surface area is 126 Å². The molecular formula is C16H28N2OS. The van der Waals surface area contributed by atoms with Crippen LogP contribution in [0.4, 0.5) is 0 Å². The Kier molecular flexibility index (Phi) is 5.24. The average molecular weight is 296 g/mol. The van der Waals surface area contributed by atoms with Crippen molar-refractivity contribution in [1.29, 1.82) is 0 Å². The van der Waals surface area contributed by atoms with Crippen molar-refractivity contribution in [3.05, 3.63) is 21.9 Å². The molecule has 20 heavy (non-hydrogen) atoms. The molecule has 0 saturated heterocycles. The van der Waals surface area contributed by atoms with Crippen LogP contribution >= 0.6 is 11.3 Å². The second-order valence-electron chi connectivity index (χ2n) is 6.89. The molecule has 3 nitrogen and oxygen atoms in total. The molecule has 4 N–H and O–H groups in total. The van der Waals surface area contributed by atoms with E-state index in [1.807, 2.05) is 11.3 Å². The Bertz CT molecular complexity index is 424. The van der Waals surface area contributed by atoms with E-state index >= 15 is 0 Å². The summed E-state index contributed by atoms with van der Waals surface area (Å²) in [6, 6.07) is 5.06. The van der Waals surface area contributed by atoms with Crippen molar-refractivity contribution in [2.75, 3.05) is 13.2 Å². The number of nitrogens with one attached hydrogen (secondary N) is 1. The van der Waals surface area contributed by atoms with E-state index in [9.17, 15) is 5.11 Å². The third kappa shape index (κ3) is 3.61. The van der Waals surface area contributed by atoms with Crippen molar-refractivity contribution in [3.63, 3.8) is 0 Å². The summed E-state index contributed by atoms with van der Waals surface area (Å²) in [5.41, 5.74) is 6.17. The van der Waals surface area contributed by atoms with Crippen LogP contribution in [0.3, 0.4) is 0 Å². The summed E-state index contributed by atoms with van der Waals surface area (Å²) < 4.78 is 0. The summed E-state index contributed by atoms with van der Waals surface area (Å²) in [5, 5.41) is 13.1. The quantitative estimate of drug-likeness (QED) is 0.783. The Morgan fingerprint density at radius 3 is 2.70 bits per heavy atom. The molecule has 0 aromatic carbocycles. The fourth-order valence-electron chi connectivity index (χ4n) is 2.94. The van der Waals surface area contributed by atoms with Crippen LogP contribution in [0.1, 0.15) is 55.8 Å². The molecule has 0 radical (unpaired) electrons. The number of aliphatic hydroxyl groups is 1. The van der Waals surface area contributed by atoms with Crippen molar-refractivity contribution in [2.45, 2.75) is 57.5 Å². The van der Waals surface area contributed by atoms with Gasteiger partial charge < -0.3 is 16.2 Å². The zero-order valence-corrected chi connectivity index (χ0v) is 13.7.